The molecular weight excluding hydrogens is 244 g/mol. The summed E-state index contributed by atoms with van der Waals surface area (Å²) in [5, 5.41) is 10.3. The molecule has 0 saturated carbocycles. The SMILES string of the molecule is CCC(O)(CC)CCCC[C@@H](C)/C(=C/C(C)C)C(C)C. The fourth-order valence-corrected chi connectivity index (χ4v) is 2.99. The largest absolute Gasteiger partial charge is 0.390 e. The van der Waals surface area contributed by atoms with E-state index in [1.54, 1.807) is 5.57 Å². The van der Waals surface area contributed by atoms with Crippen LogP contribution in [0.15, 0.2) is 11.6 Å². The van der Waals surface area contributed by atoms with Gasteiger partial charge in [-0.2, -0.15) is 0 Å². The van der Waals surface area contributed by atoms with Crippen LogP contribution in [0.2, 0.25) is 0 Å². The molecule has 0 aliphatic heterocycles. The van der Waals surface area contributed by atoms with Crippen LogP contribution in [-0.4, -0.2) is 10.7 Å². The lowest BCUT2D eigenvalue weighted by molar-refractivity contribution is 0.0210. The number of rotatable bonds is 10. The zero-order chi connectivity index (χ0) is 15.8. The standard InChI is InChI=1S/C19H38O/c1-8-19(20,9-2)13-11-10-12-17(7)18(16(5)6)14-15(3)4/h14-17,20H,8-13H2,1-7H3/b18-14+/t17-/m1/s1. The third-order valence-electron chi connectivity index (χ3n) is 4.61. The van der Waals surface area contributed by atoms with Crippen molar-refractivity contribution in [1.82, 2.24) is 0 Å². The van der Waals surface area contributed by atoms with E-state index < -0.39 is 5.60 Å². The molecule has 0 rings (SSSR count). The Bertz CT molecular complexity index is 271. The lowest BCUT2D eigenvalue weighted by Gasteiger charge is -2.26. The molecule has 1 N–H and O–H groups in total. The molecule has 0 unspecified atom stereocenters. The van der Waals surface area contributed by atoms with Crippen molar-refractivity contribution in [2.45, 2.75) is 92.6 Å². The molecule has 0 heterocycles. The third kappa shape index (κ3) is 7.47. The Labute approximate surface area is 127 Å². The van der Waals surface area contributed by atoms with Gasteiger partial charge in [-0.3, -0.25) is 0 Å². The van der Waals surface area contributed by atoms with Crippen molar-refractivity contribution >= 4 is 0 Å². The molecule has 0 amide bonds. The molecule has 1 heteroatoms. The van der Waals surface area contributed by atoms with E-state index in [0.717, 1.165) is 25.7 Å². The Hall–Kier alpha value is -0.300. The molecule has 20 heavy (non-hydrogen) atoms. The van der Waals surface area contributed by atoms with Crippen molar-refractivity contribution in [2.24, 2.45) is 17.8 Å². The highest BCUT2D eigenvalue weighted by Crippen LogP contribution is 2.28. The van der Waals surface area contributed by atoms with Crippen molar-refractivity contribution < 1.29 is 5.11 Å². The van der Waals surface area contributed by atoms with Crippen LogP contribution in [0.3, 0.4) is 0 Å². The molecule has 0 fully saturated rings. The first-order chi connectivity index (χ1) is 9.25. The Morgan fingerprint density at radius 1 is 1.00 bits per heavy atom. The van der Waals surface area contributed by atoms with Crippen LogP contribution in [-0.2, 0) is 0 Å². The number of allylic oxidation sites excluding steroid dienone is 2. The molecule has 1 atom stereocenters. The van der Waals surface area contributed by atoms with Crippen molar-refractivity contribution in [3.8, 4) is 0 Å². The minimum Gasteiger partial charge on any atom is -0.390 e. The van der Waals surface area contributed by atoms with Crippen LogP contribution < -0.4 is 0 Å². The first-order valence-electron chi connectivity index (χ1n) is 8.69. The predicted molar refractivity (Wildman–Crippen MR) is 90.9 cm³/mol. The third-order valence-corrected chi connectivity index (χ3v) is 4.61. The molecule has 1 nitrogen and oxygen atoms in total. The second kappa shape index (κ2) is 9.60. The molecule has 0 aromatic heterocycles. The summed E-state index contributed by atoms with van der Waals surface area (Å²) < 4.78 is 0. The van der Waals surface area contributed by atoms with Crippen molar-refractivity contribution in [3.63, 3.8) is 0 Å². The number of unbranched alkanes of at least 4 members (excludes halogenated alkanes) is 1. The van der Waals surface area contributed by atoms with Crippen molar-refractivity contribution in [3.05, 3.63) is 11.6 Å². The summed E-state index contributed by atoms with van der Waals surface area (Å²) in [6.45, 7) is 15.7. The molecule has 0 aromatic rings. The quantitative estimate of drug-likeness (QED) is 0.386. The molecule has 0 aliphatic rings. The van der Waals surface area contributed by atoms with Gasteiger partial charge in [0, 0.05) is 0 Å². The Kier molecular flexibility index (Phi) is 9.46. The van der Waals surface area contributed by atoms with Gasteiger partial charge < -0.3 is 5.11 Å². The fourth-order valence-electron chi connectivity index (χ4n) is 2.99. The second-order valence-corrected chi connectivity index (χ2v) is 7.14. The normalized spacial score (nSPS) is 15.2. The van der Waals surface area contributed by atoms with Gasteiger partial charge in [-0.15, -0.1) is 0 Å². The Morgan fingerprint density at radius 3 is 1.95 bits per heavy atom. The lowest BCUT2D eigenvalue weighted by Crippen LogP contribution is -2.26. The summed E-state index contributed by atoms with van der Waals surface area (Å²) in [6.07, 6.45) is 8.79. The van der Waals surface area contributed by atoms with E-state index in [9.17, 15) is 5.11 Å². The Balaban J connectivity index is 4.24. The average molecular weight is 283 g/mol. The summed E-state index contributed by atoms with van der Waals surface area (Å²) in [5.74, 6) is 1.96. The van der Waals surface area contributed by atoms with Gasteiger partial charge in [0.25, 0.3) is 0 Å². The highest BCUT2D eigenvalue weighted by molar-refractivity contribution is 5.09. The van der Waals surface area contributed by atoms with Crippen LogP contribution in [0.25, 0.3) is 0 Å². The number of aliphatic hydroxyl groups is 1. The zero-order valence-corrected chi connectivity index (χ0v) is 15.0. The minimum absolute atomic E-state index is 0.419. The Morgan fingerprint density at radius 2 is 1.55 bits per heavy atom. The van der Waals surface area contributed by atoms with E-state index >= 15 is 0 Å². The van der Waals surface area contributed by atoms with Crippen LogP contribution in [0, 0.1) is 17.8 Å². The second-order valence-electron chi connectivity index (χ2n) is 7.14. The first-order valence-corrected chi connectivity index (χ1v) is 8.69. The minimum atomic E-state index is -0.419. The van der Waals surface area contributed by atoms with Crippen LogP contribution in [0.4, 0.5) is 0 Å². The van der Waals surface area contributed by atoms with Gasteiger partial charge in [0.1, 0.15) is 0 Å². The summed E-state index contributed by atoms with van der Waals surface area (Å²) in [5.41, 5.74) is 1.19. The highest BCUT2D eigenvalue weighted by atomic mass is 16.3. The summed E-state index contributed by atoms with van der Waals surface area (Å²) >= 11 is 0. The molecule has 0 aliphatic carbocycles. The smallest absolute Gasteiger partial charge is 0.0642 e. The van der Waals surface area contributed by atoms with E-state index in [4.69, 9.17) is 0 Å². The topological polar surface area (TPSA) is 20.2 Å². The van der Waals surface area contributed by atoms with E-state index in [1.807, 2.05) is 0 Å². The molecule has 0 bridgehead atoms. The van der Waals surface area contributed by atoms with Gasteiger partial charge in [0.15, 0.2) is 0 Å². The monoisotopic (exact) mass is 282 g/mol. The molecule has 0 spiro atoms. The fraction of sp³-hybridized carbons (Fsp3) is 0.895. The summed E-state index contributed by atoms with van der Waals surface area (Å²) in [6, 6.07) is 0. The van der Waals surface area contributed by atoms with E-state index in [0.29, 0.717) is 17.8 Å². The predicted octanol–water partition coefficient (Wildman–Crippen LogP) is 5.97. The van der Waals surface area contributed by atoms with Crippen molar-refractivity contribution in [1.29, 1.82) is 0 Å². The van der Waals surface area contributed by atoms with Gasteiger partial charge in [-0.05, 0) is 43.4 Å². The molecular formula is C19H38O. The van der Waals surface area contributed by atoms with Crippen LogP contribution in [0.5, 0.6) is 0 Å². The van der Waals surface area contributed by atoms with E-state index in [-0.39, 0.29) is 0 Å². The van der Waals surface area contributed by atoms with Gasteiger partial charge in [0.05, 0.1) is 5.60 Å². The molecule has 0 saturated heterocycles. The lowest BCUT2D eigenvalue weighted by atomic mass is 9.84. The maximum Gasteiger partial charge on any atom is 0.0642 e. The average Bonchev–Trinajstić information content (AvgIpc) is 2.39. The van der Waals surface area contributed by atoms with Crippen molar-refractivity contribution in [2.75, 3.05) is 0 Å². The zero-order valence-electron chi connectivity index (χ0n) is 15.0. The summed E-state index contributed by atoms with van der Waals surface area (Å²) in [4.78, 5) is 0. The van der Waals surface area contributed by atoms with E-state index in [2.05, 4.69) is 54.5 Å². The number of hydrogen-bond donors (Lipinski definition) is 1. The maximum absolute atomic E-state index is 10.3. The maximum atomic E-state index is 10.3. The molecule has 0 aromatic carbocycles. The highest BCUT2D eigenvalue weighted by Gasteiger charge is 2.21. The number of hydrogen-bond acceptors (Lipinski definition) is 1. The van der Waals surface area contributed by atoms with Crippen LogP contribution >= 0.6 is 0 Å². The molecule has 0 radical (unpaired) electrons. The van der Waals surface area contributed by atoms with Gasteiger partial charge >= 0.3 is 0 Å². The van der Waals surface area contributed by atoms with Gasteiger partial charge in [-0.25, -0.2) is 0 Å². The van der Waals surface area contributed by atoms with Gasteiger partial charge in [0.2, 0.25) is 0 Å². The molecule has 120 valence electrons. The van der Waals surface area contributed by atoms with Crippen LogP contribution in [0.1, 0.15) is 87.0 Å². The summed E-state index contributed by atoms with van der Waals surface area (Å²) in [7, 11) is 0. The van der Waals surface area contributed by atoms with Gasteiger partial charge in [-0.1, -0.05) is 73.0 Å². The first kappa shape index (κ1) is 19.7. The van der Waals surface area contributed by atoms with E-state index in [1.165, 1.54) is 12.8 Å².